The minimum atomic E-state index is 0.311. The first-order chi connectivity index (χ1) is 8.18. The molecule has 1 heteroatoms. The molecule has 0 bridgehead atoms. The summed E-state index contributed by atoms with van der Waals surface area (Å²) in [5.74, 6) is 1.46. The van der Waals surface area contributed by atoms with E-state index in [-0.39, 0.29) is 0 Å². The minimum absolute atomic E-state index is 0.311. The summed E-state index contributed by atoms with van der Waals surface area (Å²) in [5.41, 5.74) is 2.78. The highest BCUT2D eigenvalue weighted by Gasteiger charge is 2.25. The summed E-state index contributed by atoms with van der Waals surface area (Å²) < 4.78 is 0. The van der Waals surface area contributed by atoms with Crippen molar-refractivity contribution < 1.29 is 0 Å². The SMILES string of the molecule is CC(C)C1CCCC1=N[C@H](C)c1ccccc1. The average Bonchev–Trinajstić information content (AvgIpc) is 2.78. The number of aliphatic imine (C=N–C) groups is 1. The Morgan fingerprint density at radius 2 is 1.82 bits per heavy atom. The fraction of sp³-hybridized carbons (Fsp3) is 0.562. The van der Waals surface area contributed by atoms with Crippen LogP contribution in [-0.2, 0) is 0 Å². The summed E-state index contributed by atoms with van der Waals surface area (Å²) >= 11 is 0. The Kier molecular flexibility index (Phi) is 3.98. The molecule has 0 saturated heterocycles. The summed E-state index contributed by atoms with van der Waals surface area (Å²) in [4.78, 5) is 4.97. The van der Waals surface area contributed by atoms with Gasteiger partial charge in [-0.3, -0.25) is 4.99 Å². The molecule has 1 aromatic rings. The van der Waals surface area contributed by atoms with Crippen molar-refractivity contribution in [3.63, 3.8) is 0 Å². The van der Waals surface area contributed by atoms with Gasteiger partial charge < -0.3 is 0 Å². The van der Waals surface area contributed by atoms with Gasteiger partial charge in [-0.15, -0.1) is 0 Å². The largest absolute Gasteiger partial charge is 0.286 e. The molecule has 1 nitrogen and oxygen atoms in total. The molecule has 0 N–H and O–H groups in total. The Hall–Kier alpha value is -1.11. The zero-order valence-corrected chi connectivity index (χ0v) is 11.2. The molecule has 0 heterocycles. The molecule has 17 heavy (non-hydrogen) atoms. The van der Waals surface area contributed by atoms with Crippen LogP contribution in [0.3, 0.4) is 0 Å². The topological polar surface area (TPSA) is 12.4 Å². The first kappa shape index (κ1) is 12.3. The fourth-order valence-corrected chi connectivity index (χ4v) is 2.79. The number of benzene rings is 1. The van der Waals surface area contributed by atoms with Gasteiger partial charge >= 0.3 is 0 Å². The van der Waals surface area contributed by atoms with Crippen molar-refractivity contribution in [1.29, 1.82) is 0 Å². The maximum Gasteiger partial charge on any atom is 0.0720 e. The van der Waals surface area contributed by atoms with E-state index in [1.165, 1.54) is 30.5 Å². The molecule has 2 atom stereocenters. The van der Waals surface area contributed by atoms with E-state index in [0.717, 1.165) is 11.8 Å². The normalized spacial score (nSPS) is 24.5. The van der Waals surface area contributed by atoms with Gasteiger partial charge in [-0.25, -0.2) is 0 Å². The van der Waals surface area contributed by atoms with Gasteiger partial charge in [0.05, 0.1) is 6.04 Å². The van der Waals surface area contributed by atoms with Crippen LogP contribution < -0.4 is 0 Å². The molecule has 92 valence electrons. The molecule has 0 radical (unpaired) electrons. The third kappa shape index (κ3) is 2.96. The van der Waals surface area contributed by atoms with Gasteiger partial charge in [0.15, 0.2) is 0 Å². The van der Waals surface area contributed by atoms with E-state index in [1.54, 1.807) is 0 Å². The van der Waals surface area contributed by atoms with Crippen LogP contribution in [0, 0.1) is 11.8 Å². The molecule has 0 spiro atoms. The summed E-state index contributed by atoms with van der Waals surface area (Å²) in [6.07, 6.45) is 3.86. The molecule has 0 amide bonds. The van der Waals surface area contributed by atoms with E-state index in [1.807, 2.05) is 0 Å². The zero-order valence-electron chi connectivity index (χ0n) is 11.2. The van der Waals surface area contributed by atoms with Crippen molar-refractivity contribution in [2.75, 3.05) is 0 Å². The van der Waals surface area contributed by atoms with E-state index >= 15 is 0 Å². The Balaban J connectivity index is 2.13. The van der Waals surface area contributed by atoms with Gasteiger partial charge in [-0.1, -0.05) is 44.2 Å². The van der Waals surface area contributed by atoms with Crippen LogP contribution in [0.2, 0.25) is 0 Å². The van der Waals surface area contributed by atoms with Crippen molar-refractivity contribution in [2.24, 2.45) is 16.8 Å². The Bertz CT molecular complexity index is 378. The highest BCUT2D eigenvalue weighted by atomic mass is 14.8. The number of nitrogens with zero attached hydrogens (tertiary/aromatic N) is 1. The third-order valence-electron chi connectivity index (χ3n) is 3.82. The standard InChI is InChI=1S/C16H23N/c1-12(2)15-10-7-11-16(15)17-13(3)14-8-5-4-6-9-14/h4-6,8-9,12-13,15H,7,10-11H2,1-3H3/t13-,15?/m1/s1. The van der Waals surface area contributed by atoms with E-state index in [2.05, 4.69) is 51.1 Å². The summed E-state index contributed by atoms with van der Waals surface area (Å²) in [7, 11) is 0. The van der Waals surface area contributed by atoms with Gasteiger partial charge in [-0.05, 0) is 43.6 Å². The zero-order chi connectivity index (χ0) is 12.3. The van der Waals surface area contributed by atoms with E-state index in [0.29, 0.717) is 6.04 Å². The maximum absolute atomic E-state index is 4.97. The Morgan fingerprint density at radius 3 is 2.47 bits per heavy atom. The summed E-state index contributed by atoms with van der Waals surface area (Å²) in [6, 6.07) is 10.9. The smallest absolute Gasteiger partial charge is 0.0720 e. The van der Waals surface area contributed by atoms with Crippen molar-refractivity contribution in [3.8, 4) is 0 Å². The molecule has 1 aliphatic rings. The van der Waals surface area contributed by atoms with Crippen LogP contribution in [0.25, 0.3) is 0 Å². The number of rotatable bonds is 3. The second-order valence-corrected chi connectivity index (χ2v) is 5.45. The van der Waals surface area contributed by atoms with Crippen molar-refractivity contribution in [3.05, 3.63) is 35.9 Å². The van der Waals surface area contributed by atoms with Gasteiger partial charge in [0.25, 0.3) is 0 Å². The lowest BCUT2D eigenvalue weighted by atomic mass is 9.93. The summed E-state index contributed by atoms with van der Waals surface area (Å²) in [5, 5.41) is 0. The first-order valence-electron chi connectivity index (χ1n) is 6.80. The monoisotopic (exact) mass is 229 g/mol. The molecule has 1 aliphatic carbocycles. The van der Waals surface area contributed by atoms with Crippen LogP contribution >= 0.6 is 0 Å². The Morgan fingerprint density at radius 1 is 1.12 bits per heavy atom. The molecule has 1 unspecified atom stereocenters. The number of hydrogen-bond acceptors (Lipinski definition) is 1. The molecular formula is C16H23N. The van der Waals surface area contributed by atoms with Gasteiger partial charge in [-0.2, -0.15) is 0 Å². The second kappa shape index (κ2) is 5.48. The lowest BCUT2D eigenvalue weighted by Crippen LogP contribution is -2.14. The molecule has 1 aromatic carbocycles. The van der Waals surface area contributed by atoms with Gasteiger partial charge in [0, 0.05) is 5.71 Å². The highest BCUT2D eigenvalue weighted by Crippen LogP contribution is 2.31. The van der Waals surface area contributed by atoms with Crippen LogP contribution in [0.4, 0.5) is 0 Å². The van der Waals surface area contributed by atoms with Crippen molar-refractivity contribution in [1.82, 2.24) is 0 Å². The lowest BCUT2D eigenvalue weighted by molar-refractivity contribution is 0.485. The fourth-order valence-electron chi connectivity index (χ4n) is 2.79. The van der Waals surface area contributed by atoms with E-state index in [4.69, 9.17) is 4.99 Å². The molecule has 1 fully saturated rings. The molecule has 0 aromatic heterocycles. The van der Waals surface area contributed by atoms with Crippen LogP contribution in [0.1, 0.15) is 51.6 Å². The molecule has 1 saturated carbocycles. The highest BCUT2D eigenvalue weighted by molar-refractivity contribution is 5.88. The van der Waals surface area contributed by atoms with Crippen molar-refractivity contribution in [2.45, 2.75) is 46.1 Å². The van der Waals surface area contributed by atoms with Gasteiger partial charge in [0.1, 0.15) is 0 Å². The van der Waals surface area contributed by atoms with Crippen molar-refractivity contribution >= 4 is 5.71 Å². The maximum atomic E-state index is 4.97. The Labute approximate surface area is 105 Å². The van der Waals surface area contributed by atoms with Crippen LogP contribution in [-0.4, -0.2) is 5.71 Å². The van der Waals surface area contributed by atoms with Crippen LogP contribution in [0.15, 0.2) is 35.3 Å². The second-order valence-electron chi connectivity index (χ2n) is 5.45. The quantitative estimate of drug-likeness (QED) is 0.715. The van der Waals surface area contributed by atoms with E-state index < -0.39 is 0 Å². The third-order valence-corrected chi connectivity index (χ3v) is 3.82. The van der Waals surface area contributed by atoms with E-state index in [9.17, 15) is 0 Å². The predicted octanol–water partition coefficient (Wildman–Crippen LogP) is 4.64. The van der Waals surface area contributed by atoms with Gasteiger partial charge in [0.2, 0.25) is 0 Å². The summed E-state index contributed by atoms with van der Waals surface area (Å²) in [6.45, 7) is 6.84. The molecule has 0 aliphatic heterocycles. The number of hydrogen-bond donors (Lipinski definition) is 0. The minimum Gasteiger partial charge on any atom is -0.286 e. The lowest BCUT2D eigenvalue weighted by Gasteiger charge is -2.17. The predicted molar refractivity (Wildman–Crippen MR) is 74.5 cm³/mol. The first-order valence-corrected chi connectivity index (χ1v) is 6.80. The molecular weight excluding hydrogens is 206 g/mol. The van der Waals surface area contributed by atoms with Crippen LogP contribution in [0.5, 0.6) is 0 Å². The average molecular weight is 229 g/mol. The molecule has 2 rings (SSSR count).